The van der Waals surface area contributed by atoms with Crippen molar-refractivity contribution < 1.29 is 9.59 Å². The number of nitrogens with zero attached hydrogens (tertiary/aromatic N) is 1. The van der Waals surface area contributed by atoms with E-state index in [4.69, 9.17) is 23.2 Å². The SMILES string of the molecule is CCCCNC(=O)[C@@H](Cc1ccccc1)N(Cc1ccc(Cl)c(Cl)c1)C(=O)CCC. The highest BCUT2D eigenvalue weighted by molar-refractivity contribution is 6.42. The van der Waals surface area contributed by atoms with Gasteiger partial charge in [0.15, 0.2) is 0 Å². The Morgan fingerprint density at radius 1 is 0.967 bits per heavy atom. The molecule has 0 aliphatic carbocycles. The quantitative estimate of drug-likeness (QED) is 0.451. The van der Waals surface area contributed by atoms with Crippen LogP contribution >= 0.6 is 23.2 Å². The number of nitrogens with one attached hydrogen (secondary N) is 1. The molecule has 0 aromatic heterocycles. The molecular formula is C24H30Cl2N2O2. The predicted molar refractivity (Wildman–Crippen MR) is 124 cm³/mol. The van der Waals surface area contributed by atoms with Gasteiger partial charge in [-0.25, -0.2) is 0 Å². The number of carbonyl (C=O) groups is 2. The molecule has 4 nitrogen and oxygen atoms in total. The molecule has 0 radical (unpaired) electrons. The topological polar surface area (TPSA) is 49.4 Å². The minimum absolute atomic E-state index is 0.0462. The molecule has 162 valence electrons. The highest BCUT2D eigenvalue weighted by atomic mass is 35.5. The standard InChI is InChI=1S/C24H30Cl2N2O2/c1-3-5-14-27-24(30)22(16-18-10-7-6-8-11-18)28(23(29)9-4-2)17-19-12-13-20(25)21(26)15-19/h6-8,10-13,15,22H,3-5,9,14,16-17H2,1-2H3,(H,27,30)/t22-/m1/s1. The van der Waals surface area contributed by atoms with Crippen molar-refractivity contribution >= 4 is 35.0 Å². The Kier molecular flexibility index (Phi) is 10.2. The van der Waals surface area contributed by atoms with Crippen LogP contribution < -0.4 is 5.32 Å². The lowest BCUT2D eigenvalue weighted by Gasteiger charge is -2.31. The lowest BCUT2D eigenvalue weighted by Crippen LogP contribution is -2.50. The Bertz CT molecular complexity index is 827. The van der Waals surface area contributed by atoms with Gasteiger partial charge in [0.05, 0.1) is 10.0 Å². The summed E-state index contributed by atoms with van der Waals surface area (Å²) in [6.07, 6.45) is 3.45. The number of rotatable bonds is 11. The Morgan fingerprint density at radius 3 is 2.33 bits per heavy atom. The third kappa shape index (κ3) is 7.33. The molecule has 0 bridgehead atoms. The molecule has 0 spiro atoms. The van der Waals surface area contributed by atoms with Crippen LogP contribution in [-0.4, -0.2) is 29.3 Å². The first-order chi connectivity index (χ1) is 14.5. The van der Waals surface area contributed by atoms with Crippen LogP contribution in [0.1, 0.15) is 50.7 Å². The molecule has 2 aromatic carbocycles. The zero-order valence-corrected chi connectivity index (χ0v) is 19.2. The van der Waals surface area contributed by atoms with E-state index in [0.717, 1.165) is 24.0 Å². The summed E-state index contributed by atoms with van der Waals surface area (Å²) < 4.78 is 0. The molecule has 0 saturated carbocycles. The van der Waals surface area contributed by atoms with E-state index in [9.17, 15) is 9.59 Å². The van der Waals surface area contributed by atoms with Crippen molar-refractivity contribution in [2.75, 3.05) is 6.54 Å². The molecular weight excluding hydrogens is 419 g/mol. The summed E-state index contributed by atoms with van der Waals surface area (Å²) in [5.41, 5.74) is 1.85. The first-order valence-electron chi connectivity index (χ1n) is 10.5. The molecule has 0 fully saturated rings. The number of hydrogen-bond acceptors (Lipinski definition) is 2. The maximum atomic E-state index is 13.1. The molecule has 2 aromatic rings. The second-order valence-corrected chi connectivity index (χ2v) is 8.18. The van der Waals surface area contributed by atoms with Gasteiger partial charge in [0.25, 0.3) is 0 Å². The van der Waals surface area contributed by atoms with Crippen LogP contribution in [0.25, 0.3) is 0 Å². The molecule has 0 aliphatic rings. The van der Waals surface area contributed by atoms with Crippen molar-refractivity contribution in [2.45, 2.75) is 58.5 Å². The van der Waals surface area contributed by atoms with Crippen molar-refractivity contribution in [2.24, 2.45) is 0 Å². The Morgan fingerprint density at radius 2 is 1.70 bits per heavy atom. The van der Waals surface area contributed by atoms with Crippen LogP contribution in [0.5, 0.6) is 0 Å². The van der Waals surface area contributed by atoms with Crippen molar-refractivity contribution in [1.29, 1.82) is 0 Å². The van der Waals surface area contributed by atoms with Crippen LogP contribution in [0.4, 0.5) is 0 Å². The van der Waals surface area contributed by atoms with Crippen molar-refractivity contribution in [3.8, 4) is 0 Å². The molecule has 0 saturated heterocycles. The first-order valence-corrected chi connectivity index (χ1v) is 11.3. The van der Waals surface area contributed by atoms with E-state index in [1.54, 1.807) is 17.0 Å². The Balaban J connectivity index is 2.34. The highest BCUT2D eigenvalue weighted by Gasteiger charge is 2.29. The van der Waals surface area contributed by atoms with E-state index >= 15 is 0 Å². The number of benzene rings is 2. The van der Waals surface area contributed by atoms with Crippen molar-refractivity contribution in [3.05, 3.63) is 69.7 Å². The molecule has 2 amide bonds. The van der Waals surface area contributed by atoms with E-state index in [1.807, 2.05) is 43.3 Å². The van der Waals surface area contributed by atoms with Gasteiger partial charge >= 0.3 is 0 Å². The predicted octanol–water partition coefficient (Wildman–Crippen LogP) is 5.65. The van der Waals surface area contributed by atoms with Gasteiger partial charge < -0.3 is 10.2 Å². The number of halogens is 2. The first kappa shape index (κ1) is 24.2. The number of unbranched alkanes of at least 4 members (excludes halogenated alkanes) is 1. The zero-order chi connectivity index (χ0) is 21.9. The fraction of sp³-hybridized carbons (Fsp3) is 0.417. The molecule has 0 unspecified atom stereocenters. The highest BCUT2D eigenvalue weighted by Crippen LogP contribution is 2.24. The third-order valence-electron chi connectivity index (χ3n) is 4.90. The molecule has 0 aliphatic heterocycles. The van der Waals surface area contributed by atoms with E-state index in [2.05, 4.69) is 12.2 Å². The molecule has 1 N–H and O–H groups in total. The summed E-state index contributed by atoms with van der Waals surface area (Å²) in [7, 11) is 0. The lowest BCUT2D eigenvalue weighted by atomic mass is 10.0. The van der Waals surface area contributed by atoms with Gasteiger partial charge in [0.1, 0.15) is 6.04 Å². The fourth-order valence-electron chi connectivity index (χ4n) is 3.25. The van der Waals surface area contributed by atoms with Gasteiger partial charge in [-0.05, 0) is 36.1 Å². The minimum atomic E-state index is -0.599. The maximum absolute atomic E-state index is 13.1. The van der Waals surface area contributed by atoms with Crippen LogP contribution in [0.2, 0.25) is 10.0 Å². The monoisotopic (exact) mass is 448 g/mol. The van der Waals surface area contributed by atoms with Crippen LogP contribution in [0.3, 0.4) is 0 Å². The van der Waals surface area contributed by atoms with Gasteiger partial charge in [-0.15, -0.1) is 0 Å². The molecule has 2 rings (SSSR count). The average molecular weight is 449 g/mol. The van der Waals surface area contributed by atoms with E-state index in [-0.39, 0.29) is 11.8 Å². The molecule has 30 heavy (non-hydrogen) atoms. The zero-order valence-electron chi connectivity index (χ0n) is 17.7. The minimum Gasteiger partial charge on any atom is -0.354 e. The van der Waals surface area contributed by atoms with Crippen LogP contribution in [0.15, 0.2) is 48.5 Å². The number of hydrogen-bond donors (Lipinski definition) is 1. The summed E-state index contributed by atoms with van der Waals surface area (Å²) in [5, 5.41) is 3.90. The summed E-state index contributed by atoms with van der Waals surface area (Å²) in [6.45, 7) is 4.94. The maximum Gasteiger partial charge on any atom is 0.243 e. The van der Waals surface area contributed by atoms with E-state index < -0.39 is 6.04 Å². The normalized spacial score (nSPS) is 11.7. The summed E-state index contributed by atoms with van der Waals surface area (Å²) in [6, 6.07) is 14.5. The van der Waals surface area contributed by atoms with Gasteiger partial charge in [0.2, 0.25) is 11.8 Å². The van der Waals surface area contributed by atoms with Gasteiger partial charge in [-0.1, -0.05) is 79.9 Å². The Hall–Kier alpha value is -2.04. The van der Waals surface area contributed by atoms with Crippen molar-refractivity contribution in [1.82, 2.24) is 10.2 Å². The van der Waals surface area contributed by atoms with Crippen molar-refractivity contribution in [3.63, 3.8) is 0 Å². The van der Waals surface area contributed by atoms with Gasteiger partial charge in [-0.2, -0.15) is 0 Å². The van der Waals surface area contributed by atoms with Gasteiger partial charge in [-0.3, -0.25) is 9.59 Å². The van der Waals surface area contributed by atoms with Gasteiger partial charge in [0, 0.05) is 25.9 Å². The summed E-state index contributed by atoms with van der Waals surface area (Å²) >= 11 is 12.2. The fourth-order valence-corrected chi connectivity index (χ4v) is 3.57. The third-order valence-corrected chi connectivity index (χ3v) is 5.64. The smallest absolute Gasteiger partial charge is 0.243 e. The second kappa shape index (κ2) is 12.6. The summed E-state index contributed by atoms with van der Waals surface area (Å²) in [5.74, 6) is -0.174. The van der Waals surface area contributed by atoms with Crippen LogP contribution in [-0.2, 0) is 22.6 Å². The lowest BCUT2D eigenvalue weighted by molar-refractivity contribution is -0.141. The van der Waals surface area contributed by atoms with E-state index in [0.29, 0.717) is 42.4 Å². The number of amides is 2. The molecule has 6 heteroatoms. The second-order valence-electron chi connectivity index (χ2n) is 7.37. The van der Waals surface area contributed by atoms with E-state index in [1.165, 1.54) is 0 Å². The largest absolute Gasteiger partial charge is 0.354 e. The Labute approximate surface area is 189 Å². The molecule has 1 atom stereocenters. The average Bonchev–Trinajstić information content (AvgIpc) is 2.74. The number of carbonyl (C=O) groups excluding carboxylic acids is 2. The molecule has 0 heterocycles. The summed E-state index contributed by atoms with van der Waals surface area (Å²) in [4.78, 5) is 27.9. The van der Waals surface area contributed by atoms with Crippen LogP contribution in [0, 0.1) is 0 Å².